The van der Waals surface area contributed by atoms with Crippen LogP contribution in [-0.2, 0) is 11.8 Å². The first kappa shape index (κ1) is 18.2. The van der Waals surface area contributed by atoms with E-state index in [0.717, 1.165) is 5.56 Å². The molecule has 0 saturated carbocycles. The van der Waals surface area contributed by atoms with Crippen molar-refractivity contribution >= 4 is 22.7 Å². The molecule has 138 valence electrons. The molecule has 1 heterocycles. The zero-order valence-electron chi connectivity index (χ0n) is 14.5. The van der Waals surface area contributed by atoms with Gasteiger partial charge in [-0.3, -0.25) is 5.32 Å². The number of carbonyl (C=O) groups is 1. The van der Waals surface area contributed by atoms with Crippen LogP contribution in [0.5, 0.6) is 5.75 Å². The summed E-state index contributed by atoms with van der Waals surface area (Å²) >= 11 is 0. The fraction of sp³-hybridized carbons (Fsp3) is 0.158. The summed E-state index contributed by atoms with van der Waals surface area (Å²) in [6.07, 6.45) is -0.586. The molecule has 0 radical (unpaired) electrons. The Bertz CT molecular complexity index is 1040. The number of benzene rings is 2. The average Bonchev–Trinajstić information content (AvgIpc) is 2.93. The smallest absolute Gasteiger partial charge is 0.411 e. The van der Waals surface area contributed by atoms with E-state index in [9.17, 15) is 18.8 Å². The van der Waals surface area contributed by atoms with Crippen molar-refractivity contribution in [3.05, 3.63) is 48.0 Å². The minimum atomic E-state index is -2.92. The third-order valence-corrected chi connectivity index (χ3v) is 4.10. The van der Waals surface area contributed by atoms with Gasteiger partial charge in [-0.15, -0.1) is 0 Å². The number of nitrogens with zero attached hydrogens (tertiary/aromatic N) is 2. The van der Waals surface area contributed by atoms with Crippen molar-refractivity contribution in [2.45, 2.75) is 6.61 Å². The molecule has 3 rings (SSSR count). The van der Waals surface area contributed by atoms with Gasteiger partial charge < -0.3 is 14.0 Å². The van der Waals surface area contributed by atoms with Crippen LogP contribution in [0.25, 0.3) is 22.2 Å². The number of amides is 1. The van der Waals surface area contributed by atoms with E-state index < -0.39 is 12.7 Å². The number of halogens is 2. The van der Waals surface area contributed by atoms with Crippen molar-refractivity contribution in [2.24, 2.45) is 7.05 Å². The predicted octanol–water partition coefficient (Wildman–Crippen LogP) is 4.50. The lowest BCUT2D eigenvalue weighted by molar-refractivity contribution is -0.0497. The number of hydrogen-bond acceptors (Lipinski definition) is 4. The van der Waals surface area contributed by atoms with Gasteiger partial charge in [-0.25, -0.2) is 4.79 Å². The topological polar surface area (TPSA) is 76.3 Å². The quantitative estimate of drug-likeness (QED) is 0.733. The lowest BCUT2D eigenvalue weighted by Crippen LogP contribution is -2.10. The van der Waals surface area contributed by atoms with Crippen LogP contribution in [0.2, 0.25) is 0 Å². The van der Waals surface area contributed by atoms with Crippen LogP contribution < -0.4 is 10.1 Å². The van der Waals surface area contributed by atoms with Gasteiger partial charge in [-0.1, -0.05) is 12.1 Å². The molecule has 27 heavy (non-hydrogen) atoms. The Morgan fingerprint density at radius 3 is 2.52 bits per heavy atom. The number of anilines is 1. The first-order valence-corrected chi connectivity index (χ1v) is 7.87. The van der Waals surface area contributed by atoms with Gasteiger partial charge in [0.1, 0.15) is 11.8 Å². The van der Waals surface area contributed by atoms with E-state index in [1.165, 1.54) is 19.2 Å². The number of hydrogen-bond donors (Lipinski definition) is 1. The normalized spacial score (nSPS) is 10.7. The summed E-state index contributed by atoms with van der Waals surface area (Å²) in [7, 11) is 3.01. The molecular weight excluding hydrogens is 356 g/mol. The van der Waals surface area contributed by atoms with Crippen LogP contribution in [0, 0.1) is 11.3 Å². The van der Waals surface area contributed by atoms with Gasteiger partial charge in [-0.05, 0) is 29.8 Å². The molecule has 0 atom stereocenters. The zero-order valence-corrected chi connectivity index (χ0v) is 14.5. The molecule has 8 heteroatoms. The maximum atomic E-state index is 12.5. The van der Waals surface area contributed by atoms with Crippen LogP contribution in [0.1, 0.15) is 5.56 Å². The van der Waals surface area contributed by atoms with Crippen LogP contribution in [0.3, 0.4) is 0 Å². The van der Waals surface area contributed by atoms with E-state index in [1.54, 1.807) is 41.9 Å². The summed E-state index contributed by atoms with van der Waals surface area (Å²) in [5.74, 6) is 0.0202. The fourth-order valence-corrected chi connectivity index (χ4v) is 2.92. The second-order valence-corrected chi connectivity index (χ2v) is 5.65. The van der Waals surface area contributed by atoms with E-state index in [1.807, 2.05) is 0 Å². The van der Waals surface area contributed by atoms with Crippen molar-refractivity contribution in [1.82, 2.24) is 4.57 Å². The Balaban J connectivity index is 2.07. The Morgan fingerprint density at radius 1 is 1.22 bits per heavy atom. The molecule has 1 N–H and O–H groups in total. The van der Waals surface area contributed by atoms with E-state index in [4.69, 9.17) is 0 Å². The van der Waals surface area contributed by atoms with Crippen molar-refractivity contribution in [1.29, 1.82) is 5.26 Å². The Morgan fingerprint density at radius 2 is 1.93 bits per heavy atom. The summed E-state index contributed by atoms with van der Waals surface area (Å²) in [4.78, 5) is 11.3. The number of aromatic nitrogens is 1. The lowest BCUT2D eigenvalue weighted by Gasteiger charge is -2.08. The molecule has 6 nitrogen and oxygen atoms in total. The van der Waals surface area contributed by atoms with Crippen molar-refractivity contribution < 1.29 is 23.0 Å². The highest BCUT2D eigenvalue weighted by Gasteiger charge is 2.18. The fourth-order valence-electron chi connectivity index (χ4n) is 2.92. The maximum Gasteiger partial charge on any atom is 0.411 e. The van der Waals surface area contributed by atoms with Gasteiger partial charge in [0.15, 0.2) is 0 Å². The van der Waals surface area contributed by atoms with Gasteiger partial charge in [0.05, 0.1) is 23.9 Å². The Kier molecular flexibility index (Phi) is 4.94. The number of ether oxygens (including phenoxy) is 2. The number of methoxy groups -OCH3 is 1. The molecule has 0 unspecified atom stereocenters. The first-order chi connectivity index (χ1) is 12.9. The predicted molar refractivity (Wildman–Crippen MR) is 95.7 cm³/mol. The van der Waals surface area contributed by atoms with Gasteiger partial charge in [0, 0.05) is 24.2 Å². The number of aryl methyl sites for hydroxylation is 1. The monoisotopic (exact) mass is 371 g/mol. The molecule has 0 saturated heterocycles. The lowest BCUT2D eigenvalue weighted by atomic mass is 10.1. The number of fused-ring (bicyclic) bond motifs is 1. The molecule has 1 aromatic heterocycles. The number of rotatable bonds is 4. The maximum absolute atomic E-state index is 12.5. The van der Waals surface area contributed by atoms with Crippen molar-refractivity contribution in [3.63, 3.8) is 0 Å². The highest BCUT2D eigenvalue weighted by molar-refractivity contribution is 5.95. The Hall–Kier alpha value is -3.60. The van der Waals surface area contributed by atoms with Crippen molar-refractivity contribution in [3.8, 4) is 23.1 Å². The summed E-state index contributed by atoms with van der Waals surface area (Å²) in [5, 5.41) is 12.8. The van der Waals surface area contributed by atoms with Gasteiger partial charge in [0.2, 0.25) is 0 Å². The summed E-state index contributed by atoms with van der Waals surface area (Å²) in [6.45, 7) is -2.92. The molecular formula is C19H15F2N3O3. The second-order valence-electron chi connectivity index (χ2n) is 5.65. The van der Waals surface area contributed by atoms with E-state index >= 15 is 0 Å². The van der Waals surface area contributed by atoms with Crippen LogP contribution in [-0.4, -0.2) is 24.4 Å². The van der Waals surface area contributed by atoms with Gasteiger partial charge in [-0.2, -0.15) is 14.0 Å². The standard InChI is InChI=1S/C19H15F2N3O3/c1-24-16-9-13(27-18(20)21)7-8-14(16)15(10-22)17(24)11-3-5-12(6-4-11)23-19(25)26-2/h3-9,18H,1-2H3,(H,23,25). The minimum Gasteiger partial charge on any atom is -0.453 e. The number of carbonyl (C=O) groups excluding carboxylic acids is 1. The minimum absolute atomic E-state index is 0.0202. The number of nitrogens with one attached hydrogen (secondary N) is 1. The first-order valence-electron chi connectivity index (χ1n) is 7.87. The molecule has 2 aromatic carbocycles. The van der Waals surface area contributed by atoms with Gasteiger partial charge in [0.25, 0.3) is 0 Å². The average molecular weight is 371 g/mol. The third kappa shape index (κ3) is 3.53. The highest BCUT2D eigenvalue weighted by Crippen LogP contribution is 2.35. The van der Waals surface area contributed by atoms with Gasteiger partial charge >= 0.3 is 12.7 Å². The molecule has 0 spiro atoms. The van der Waals surface area contributed by atoms with E-state index in [0.29, 0.717) is 27.8 Å². The largest absolute Gasteiger partial charge is 0.453 e. The van der Waals surface area contributed by atoms with Crippen LogP contribution in [0.15, 0.2) is 42.5 Å². The second kappa shape index (κ2) is 7.33. The molecule has 3 aromatic rings. The molecule has 1 amide bonds. The Labute approximate surface area is 153 Å². The summed E-state index contributed by atoms with van der Waals surface area (Å²) in [6, 6.07) is 13.5. The number of alkyl halides is 2. The van der Waals surface area contributed by atoms with E-state index in [2.05, 4.69) is 20.9 Å². The van der Waals surface area contributed by atoms with Crippen molar-refractivity contribution in [2.75, 3.05) is 12.4 Å². The molecule has 0 bridgehead atoms. The molecule has 0 fully saturated rings. The SMILES string of the molecule is COC(=O)Nc1ccc(-c2c(C#N)c3ccc(OC(F)F)cc3n2C)cc1. The molecule has 0 aliphatic carbocycles. The summed E-state index contributed by atoms with van der Waals surface area (Å²) in [5.41, 5.74) is 2.92. The summed E-state index contributed by atoms with van der Waals surface area (Å²) < 4.78 is 35.7. The highest BCUT2D eigenvalue weighted by atomic mass is 19.3. The van der Waals surface area contributed by atoms with Crippen LogP contribution >= 0.6 is 0 Å². The third-order valence-electron chi connectivity index (χ3n) is 4.10. The van der Waals surface area contributed by atoms with Crippen LogP contribution in [0.4, 0.5) is 19.3 Å². The zero-order chi connectivity index (χ0) is 19.6. The number of nitriles is 1. The molecule has 0 aliphatic rings. The molecule has 0 aliphatic heterocycles. The van der Waals surface area contributed by atoms with E-state index in [-0.39, 0.29) is 5.75 Å².